The Kier molecular flexibility index (Phi) is 8.44. The molecule has 38 heavy (non-hydrogen) atoms. The second kappa shape index (κ2) is 12.0. The van der Waals surface area contributed by atoms with E-state index in [2.05, 4.69) is 34.7 Å². The first-order valence-electron chi connectivity index (χ1n) is 14.0. The number of nitrogens with one attached hydrogen (secondary N) is 1. The minimum atomic E-state index is -0.0626. The molecule has 1 aromatic carbocycles. The molecular formula is C30H40ClN5O2. The number of nitrogens with zero attached hydrogens (tertiary/aromatic N) is 4. The van der Waals surface area contributed by atoms with Crippen molar-refractivity contribution in [2.75, 3.05) is 46.4 Å². The highest BCUT2D eigenvalue weighted by Gasteiger charge is 2.32. The molecule has 0 radical (unpaired) electrons. The fraction of sp³-hybridized carbons (Fsp3) is 0.533. The molecule has 1 unspecified atom stereocenters. The van der Waals surface area contributed by atoms with Crippen molar-refractivity contribution >= 4 is 23.3 Å². The Hall–Kier alpha value is -2.77. The van der Waals surface area contributed by atoms with Gasteiger partial charge < -0.3 is 24.8 Å². The smallest absolute Gasteiger partial charge is 0.254 e. The SMILES string of the molecule is C=C1/C=C2/NC(N3CCCC3)=C(C)C(=NCCOCCCc3ccc(Cl)cc3C(=O)N3CCCCC13)N2C. The van der Waals surface area contributed by atoms with Gasteiger partial charge in [-0.05, 0) is 81.2 Å². The molecule has 2 saturated heterocycles. The number of aliphatic imine (C=N–C) groups is 1. The van der Waals surface area contributed by atoms with Gasteiger partial charge in [-0.3, -0.25) is 9.79 Å². The van der Waals surface area contributed by atoms with E-state index in [-0.39, 0.29) is 11.9 Å². The first-order valence-corrected chi connectivity index (χ1v) is 14.4. The fourth-order valence-electron chi connectivity index (χ4n) is 6.02. The van der Waals surface area contributed by atoms with Crippen molar-refractivity contribution in [3.63, 3.8) is 0 Å². The molecule has 1 aromatic rings. The van der Waals surface area contributed by atoms with E-state index in [0.29, 0.717) is 30.3 Å². The van der Waals surface area contributed by atoms with Crippen LogP contribution >= 0.6 is 11.6 Å². The van der Waals surface area contributed by atoms with Gasteiger partial charge in [0, 0.05) is 49.4 Å². The number of ether oxygens (including phenoxy) is 1. The van der Waals surface area contributed by atoms with E-state index in [1.54, 1.807) is 0 Å². The zero-order valence-electron chi connectivity index (χ0n) is 22.8. The topological polar surface area (TPSA) is 60.4 Å². The molecule has 0 aliphatic carbocycles. The number of carbonyl (C=O) groups is 1. The Morgan fingerprint density at radius 3 is 2.71 bits per heavy atom. The third kappa shape index (κ3) is 5.64. The van der Waals surface area contributed by atoms with E-state index >= 15 is 0 Å². The van der Waals surface area contributed by atoms with Crippen molar-refractivity contribution in [3.05, 3.63) is 69.8 Å². The fourth-order valence-corrected chi connectivity index (χ4v) is 6.19. The lowest BCUT2D eigenvalue weighted by molar-refractivity contribution is 0.0654. The van der Waals surface area contributed by atoms with Crippen LogP contribution in [0.4, 0.5) is 0 Å². The molecule has 0 aromatic heterocycles. The quantitative estimate of drug-likeness (QED) is 0.549. The molecule has 204 valence electrons. The second-order valence-electron chi connectivity index (χ2n) is 10.7. The Labute approximate surface area is 231 Å². The summed E-state index contributed by atoms with van der Waals surface area (Å²) in [5.74, 6) is 3.05. The van der Waals surface area contributed by atoms with Gasteiger partial charge in [-0.15, -0.1) is 0 Å². The van der Waals surface area contributed by atoms with Crippen LogP contribution in [0.5, 0.6) is 0 Å². The van der Waals surface area contributed by atoms with Gasteiger partial charge in [-0.2, -0.15) is 0 Å². The summed E-state index contributed by atoms with van der Waals surface area (Å²) in [6.45, 7) is 11.2. The molecule has 1 atom stereocenters. The van der Waals surface area contributed by atoms with Gasteiger partial charge in [0.25, 0.3) is 5.91 Å². The molecule has 5 rings (SSSR count). The number of carbonyl (C=O) groups excluding carboxylic acids is 1. The van der Waals surface area contributed by atoms with E-state index in [1.807, 2.05) is 30.1 Å². The molecule has 1 N–H and O–H groups in total. The summed E-state index contributed by atoms with van der Waals surface area (Å²) in [4.78, 5) is 25.5. The molecule has 1 amide bonds. The highest BCUT2D eigenvalue weighted by atomic mass is 35.5. The number of likely N-dealkylation sites (N-methyl/N-ethyl adjacent to an activating group) is 1. The molecule has 8 heteroatoms. The molecule has 2 fully saturated rings. The average Bonchev–Trinajstić information content (AvgIpc) is 3.46. The van der Waals surface area contributed by atoms with Gasteiger partial charge in [0.05, 0.1) is 19.2 Å². The number of piperidine rings is 1. The third-order valence-corrected chi connectivity index (χ3v) is 8.32. The average molecular weight is 538 g/mol. The predicted molar refractivity (Wildman–Crippen MR) is 153 cm³/mol. The van der Waals surface area contributed by atoms with Crippen molar-refractivity contribution in [2.45, 2.75) is 57.9 Å². The van der Waals surface area contributed by atoms with Crippen molar-refractivity contribution in [3.8, 4) is 0 Å². The Morgan fingerprint density at radius 2 is 1.89 bits per heavy atom. The third-order valence-electron chi connectivity index (χ3n) is 8.09. The largest absolute Gasteiger partial charge is 0.380 e. The van der Waals surface area contributed by atoms with E-state index < -0.39 is 0 Å². The molecule has 0 spiro atoms. The van der Waals surface area contributed by atoms with Crippen LogP contribution < -0.4 is 5.32 Å². The first kappa shape index (κ1) is 26.8. The lowest BCUT2D eigenvalue weighted by Crippen LogP contribution is -2.46. The number of halogens is 1. The highest BCUT2D eigenvalue weighted by molar-refractivity contribution is 6.31. The number of likely N-dealkylation sites (tertiary alicyclic amines) is 1. The number of amides is 1. The van der Waals surface area contributed by atoms with Crippen molar-refractivity contribution in [1.29, 1.82) is 0 Å². The summed E-state index contributed by atoms with van der Waals surface area (Å²) in [6, 6.07) is 5.63. The molecule has 7 nitrogen and oxygen atoms in total. The van der Waals surface area contributed by atoms with Crippen molar-refractivity contribution < 1.29 is 9.53 Å². The molecule has 2 bridgehead atoms. The highest BCUT2D eigenvalue weighted by Crippen LogP contribution is 2.30. The number of fused-ring (bicyclic) bond motifs is 4. The number of amidine groups is 1. The standard InChI is InChI=1S/C30H40ClN5O2/c1-21-19-27-33-29(35-14-6-7-15-35)22(2)28(34(27)3)32-13-18-38-17-8-9-23-11-12-24(31)20-25(23)30(37)36-16-5-4-10-26(21)36/h11-12,19-20,26,33H,1,4-10,13-18H2,2-3H3/b27-19-,32-28?. The normalized spacial score (nSPS) is 25.2. The second-order valence-corrected chi connectivity index (χ2v) is 11.1. The van der Waals surface area contributed by atoms with Gasteiger partial charge in [0.2, 0.25) is 0 Å². The van der Waals surface area contributed by atoms with E-state index in [9.17, 15) is 4.79 Å². The predicted octanol–water partition coefficient (Wildman–Crippen LogP) is 4.96. The van der Waals surface area contributed by atoms with Crippen molar-refractivity contribution in [1.82, 2.24) is 20.0 Å². The van der Waals surface area contributed by atoms with E-state index in [1.165, 1.54) is 12.8 Å². The summed E-state index contributed by atoms with van der Waals surface area (Å²) in [6.07, 6.45) is 9.08. The van der Waals surface area contributed by atoms with Gasteiger partial charge in [-0.25, -0.2) is 0 Å². The summed E-state index contributed by atoms with van der Waals surface area (Å²) in [7, 11) is 2.05. The van der Waals surface area contributed by atoms with Crippen LogP contribution in [0.2, 0.25) is 5.02 Å². The number of aryl methyl sites for hydroxylation is 1. The zero-order valence-corrected chi connectivity index (χ0v) is 23.5. The zero-order chi connectivity index (χ0) is 26.6. The Bertz CT molecular complexity index is 1170. The summed E-state index contributed by atoms with van der Waals surface area (Å²) < 4.78 is 5.94. The summed E-state index contributed by atoms with van der Waals surface area (Å²) >= 11 is 6.37. The van der Waals surface area contributed by atoms with Crippen molar-refractivity contribution in [2.24, 2.45) is 4.99 Å². The van der Waals surface area contributed by atoms with Gasteiger partial charge in [-0.1, -0.05) is 24.2 Å². The summed E-state index contributed by atoms with van der Waals surface area (Å²) in [5, 5.41) is 4.28. The number of rotatable bonds is 1. The Balaban J connectivity index is 1.53. The van der Waals surface area contributed by atoms with Gasteiger partial charge in [0.1, 0.15) is 17.5 Å². The lowest BCUT2D eigenvalue weighted by Gasteiger charge is -2.39. The van der Waals surface area contributed by atoms with Crippen LogP contribution in [-0.2, 0) is 11.2 Å². The minimum Gasteiger partial charge on any atom is -0.380 e. The Morgan fingerprint density at radius 1 is 1.11 bits per heavy atom. The molecule has 4 heterocycles. The van der Waals surface area contributed by atoms with Crippen LogP contribution in [0.3, 0.4) is 0 Å². The van der Waals surface area contributed by atoms with Crippen LogP contribution in [-0.4, -0.2) is 78.9 Å². The molecule has 0 saturated carbocycles. The van der Waals surface area contributed by atoms with Crippen LogP contribution in [0.1, 0.15) is 61.4 Å². The monoisotopic (exact) mass is 537 g/mol. The number of hydrogen-bond acceptors (Lipinski definition) is 6. The molecule has 4 aliphatic heterocycles. The van der Waals surface area contributed by atoms with Crippen LogP contribution in [0, 0.1) is 0 Å². The van der Waals surface area contributed by atoms with E-state index in [4.69, 9.17) is 21.3 Å². The van der Waals surface area contributed by atoms with E-state index in [0.717, 1.165) is 85.9 Å². The summed E-state index contributed by atoms with van der Waals surface area (Å²) in [5.41, 5.74) is 3.80. The minimum absolute atomic E-state index is 0.0395. The first-order chi connectivity index (χ1) is 18.4. The number of hydrogen-bond donors (Lipinski definition) is 1. The van der Waals surface area contributed by atoms with Gasteiger partial charge in [0.15, 0.2) is 0 Å². The maximum absolute atomic E-state index is 14.0. The molecule has 4 aliphatic rings. The van der Waals surface area contributed by atoms with Crippen LogP contribution in [0.15, 0.2) is 58.6 Å². The maximum atomic E-state index is 14.0. The van der Waals surface area contributed by atoms with Gasteiger partial charge >= 0.3 is 0 Å². The van der Waals surface area contributed by atoms with Crippen LogP contribution in [0.25, 0.3) is 0 Å². The number of benzene rings is 1. The maximum Gasteiger partial charge on any atom is 0.254 e. The molecular weight excluding hydrogens is 498 g/mol. The lowest BCUT2D eigenvalue weighted by atomic mass is 9.93.